The van der Waals surface area contributed by atoms with E-state index in [0.29, 0.717) is 0 Å². The molecular formula is C14H18N2O. The summed E-state index contributed by atoms with van der Waals surface area (Å²) in [6.45, 7) is 4.27. The molecule has 2 rings (SSSR count). The second-order valence-corrected chi connectivity index (χ2v) is 4.31. The number of anilines is 1. The standard InChI is InChI=1S/C14H18N2O/c1-3-11(9-17)16-14-6-7-15-13-5-4-10(2)8-12(13)14/h4-8,11,17H,3,9H2,1-2H3,(H,15,16). The number of aliphatic hydroxyl groups is 1. The number of pyridine rings is 1. The lowest BCUT2D eigenvalue weighted by Gasteiger charge is -2.17. The molecule has 1 aromatic carbocycles. The highest BCUT2D eigenvalue weighted by molar-refractivity contribution is 5.91. The van der Waals surface area contributed by atoms with Crippen molar-refractivity contribution in [1.82, 2.24) is 4.98 Å². The Bertz CT molecular complexity index is 507. The Hall–Kier alpha value is -1.61. The SMILES string of the molecule is CCC(CO)Nc1ccnc2ccc(C)cc12. The number of hydrogen-bond donors (Lipinski definition) is 2. The smallest absolute Gasteiger partial charge is 0.0722 e. The van der Waals surface area contributed by atoms with Gasteiger partial charge in [-0.25, -0.2) is 0 Å². The van der Waals surface area contributed by atoms with E-state index in [2.05, 4.69) is 36.3 Å². The molecule has 17 heavy (non-hydrogen) atoms. The second kappa shape index (κ2) is 5.15. The summed E-state index contributed by atoms with van der Waals surface area (Å²) in [5.74, 6) is 0. The van der Waals surface area contributed by atoms with E-state index >= 15 is 0 Å². The number of aromatic nitrogens is 1. The van der Waals surface area contributed by atoms with E-state index < -0.39 is 0 Å². The molecule has 0 saturated heterocycles. The number of nitrogens with zero attached hydrogens (tertiary/aromatic N) is 1. The fourth-order valence-electron chi connectivity index (χ4n) is 1.88. The number of fused-ring (bicyclic) bond motifs is 1. The van der Waals surface area contributed by atoms with Crippen molar-refractivity contribution in [1.29, 1.82) is 0 Å². The van der Waals surface area contributed by atoms with Gasteiger partial charge in [0, 0.05) is 23.3 Å². The van der Waals surface area contributed by atoms with Crippen molar-refractivity contribution >= 4 is 16.6 Å². The molecule has 1 heterocycles. The van der Waals surface area contributed by atoms with Crippen LogP contribution in [-0.4, -0.2) is 22.7 Å². The summed E-state index contributed by atoms with van der Waals surface area (Å²) >= 11 is 0. The molecule has 0 spiro atoms. The fourth-order valence-corrected chi connectivity index (χ4v) is 1.88. The van der Waals surface area contributed by atoms with Crippen LogP contribution in [0.1, 0.15) is 18.9 Å². The Morgan fingerprint density at radius 1 is 1.35 bits per heavy atom. The number of hydrogen-bond acceptors (Lipinski definition) is 3. The van der Waals surface area contributed by atoms with Crippen molar-refractivity contribution in [3.8, 4) is 0 Å². The summed E-state index contributed by atoms with van der Waals surface area (Å²) in [5.41, 5.74) is 3.23. The highest BCUT2D eigenvalue weighted by Gasteiger charge is 2.07. The molecule has 2 aromatic rings. The van der Waals surface area contributed by atoms with Crippen LogP contribution in [0.2, 0.25) is 0 Å². The first kappa shape index (κ1) is 11.9. The van der Waals surface area contributed by atoms with E-state index in [1.165, 1.54) is 5.56 Å². The molecule has 0 saturated carbocycles. The van der Waals surface area contributed by atoms with E-state index in [0.717, 1.165) is 23.0 Å². The number of nitrogens with one attached hydrogen (secondary N) is 1. The van der Waals surface area contributed by atoms with Crippen molar-refractivity contribution < 1.29 is 5.11 Å². The van der Waals surface area contributed by atoms with Crippen LogP contribution >= 0.6 is 0 Å². The van der Waals surface area contributed by atoms with Gasteiger partial charge in [-0.2, -0.15) is 0 Å². The first-order chi connectivity index (χ1) is 8.24. The fraction of sp³-hybridized carbons (Fsp3) is 0.357. The molecule has 0 aliphatic rings. The number of rotatable bonds is 4. The molecule has 2 N–H and O–H groups in total. The monoisotopic (exact) mass is 230 g/mol. The van der Waals surface area contributed by atoms with Gasteiger partial charge in [-0.3, -0.25) is 4.98 Å². The van der Waals surface area contributed by atoms with E-state index in [-0.39, 0.29) is 12.6 Å². The summed E-state index contributed by atoms with van der Waals surface area (Å²) in [6, 6.07) is 8.26. The van der Waals surface area contributed by atoms with Crippen LogP contribution in [-0.2, 0) is 0 Å². The molecule has 90 valence electrons. The highest BCUT2D eigenvalue weighted by atomic mass is 16.3. The molecule has 1 unspecified atom stereocenters. The van der Waals surface area contributed by atoms with Gasteiger partial charge < -0.3 is 10.4 Å². The molecule has 0 bridgehead atoms. The lowest BCUT2D eigenvalue weighted by Crippen LogP contribution is -2.22. The van der Waals surface area contributed by atoms with E-state index in [1.54, 1.807) is 6.20 Å². The predicted molar refractivity (Wildman–Crippen MR) is 71.3 cm³/mol. The second-order valence-electron chi connectivity index (χ2n) is 4.31. The van der Waals surface area contributed by atoms with Crippen LogP contribution in [0.5, 0.6) is 0 Å². The zero-order chi connectivity index (χ0) is 12.3. The van der Waals surface area contributed by atoms with E-state index in [4.69, 9.17) is 0 Å². The van der Waals surface area contributed by atoms with Gasteiger partial charge in [0.1, 0.15) is 0 Å². The maximum absolute atomic E-state index is 9.24. The van der Waals surface area contributed by atoms with Crippen LogP contribution in [0.3, 0.4) is 0 Å². The van der Waals surface area contributed by atoms with Gasteiger partial charge in [-0.05, 0) is 31.5 Å². The highest BCUT2D eigenvalue weighted by Crippen LogP contribution is 2.23. The quantitative estimate of drug-likeness (QED) is 0.849. The molecule has 0 fully saturated rings. The Kier molecular flexibility index (Phi) is 3.59. The first-order valence-electron chi connectivity index (χ1n) is 5.97. The summed E-state index contributed by atoms with van der Waals surface area (Å²) < 4.78 is 0. The van der Waals surface area contributed by atoms with Gasteiger partial charge in [-0.15, -0.1) is 0 Å². The largest absolute Gasteiger partial charge is 0.394 e. The summed E-state index contributed by atoms with van der Waals surface area (Å²) in [5, 5.41) is 13.7. The van der Waals surface area contributed by atoms with Crippen molar-refractivity contribution in [2.45, 2.75) is 26.3 Å². The Labute approximate surface area is 102 Å². The van der Waals surface area contributed by atoms with Crippen LogP contribution in [0, 0.1) is 6.92 Å². The zero-order valence-corrected chi connectivity index (χ0v) is 10.3. The zero-order valence-electron chi connectivity index (χ0n) is 10.3. The predicted octanol–water partition coefficient (Wildman–Crippen LogP) is 2.73. The van der Waals surface area contributed by atoms with Crippen molar-refractivity contribution in [3.63, 3.8) is 0 Å². The summed E-state index contributed by atoms with van der Waals surface area (Å²) in [7, 11) is 0. The maximum Gasteiger partial charge on any atom is 0.0722 e. The third kappa shape index (κ3) is 2.56. The Morgan fingerprint density at radius 2 is 2.18 bits per heavy atom. The topological polar surface area (TPSA) is 45.1 Å². The molecule has 3 nitrogen and oxygen atoms in total. The van der Waals surface area contributed by atoms with Gasteiger partial charge in [0.15, 0.2) is 0 Å². The third-order valence-corrected chi connectivity index (χ3v) is 2.97. The summed E-state index contributed by atoms with van der Waals surface area (Å²) in [6.07, 6.45) is 2.69. The molecule has 0 radical (unpaired) electrons. The van der Waals surface area contributed by atoms with Crippen LogP contribution < -0.4 is 5.32 Å². The maximum atomic E-state index is 9.24. The molecular weight excluding hydrogens is 212 g/mol. The van der Waals surface area contributed by atoms with Crippen molar-refractivity contribution in [3.05, 3.63) is 36.0 Å². The average Bonchev–Trinajstić information content (AvgIpc) is 2.36. The van der Waals surface area contributed by atoms with E-state index in [9.17, 15) is 5.11 Å². The van der Waals surface area contributed by atoms with Crippen molar-refractivity contribution in [2.24, 2.45) is 0 Å². The number of benzene rings is 1. The summed E-state index contributed by atoms with van der Waals surface area (Å²) in [4.78, 5) is 4.34. The molecule has 1 atom stereocenters. The lowest BCUT2D eigenvalue weighted by atomic mass is 10.1. The average molecular weight is 230 g/mol. The van der Waals surface area contributed by atoms with Gasteiger partial charge in [-0.1, -0.05) is 18.6 Å². The molecule has 3 heteroatoms. The third-order valence-electron chi connectivity index (χ3n) is 2.97. The van der Waals surface area contributed by atoms with Gasteiger partial charge in [0.2, 0.25) is 0 Å². The molecule has 0 aliphatic carbocycles. The van der Waals surface area contributed by atoms with Crippen LogP contribution in [0.15, 0.2) is 30.5 Å². The van der Waals surface area contributed by atoms with E-state index in [1.807, 2.05) is 12.1 Å². The molecule has 0 aliphatic heterocycles. The minimum absolute atomic E-state index is 0.0983. The minimum atomic E-state index is 0.0983. The number of aryl methyl sites for hydroxylation is 1. The Morgan fingerprint density at radius 3 is 2.88 bits per heavy atom. The number of aliphatic hydroxyl groups excluding tert-OH is 1. The van der Waals surface area contributed by atoms with Gasteiger partial charge in [0.05, 0.1) is 12.1 Å². The van der Waals surface area contributed by atoms with Crippen LogP contribution in [0.4, 0.5) is 5.69 Å². The van der Waals surface area contributed by atoms with Crippen molar-refractivity contribution in [2.75, 3.05) is 11.9 Å². The minimum Gasteiger partial charge on any atom is -0.394 e. The Balaban J connectivity index is 2.42. The first-order valence-corrected chi connectivity index (χ1v) is 5.97. The lowest BCUT2D eigenvalue weighted by molar-refractivity contribution is 0.272. The van der Waals surface area contributed by atoms with Gasteiger partial charge >= 0.3 is 0 Å². The van der Waals surface area contributed by atoms with Gasteiger partial charge in [0.25, 0.3) is 0 Å². The van der Waals surface area contributed by atoms with Crippen LogP contribution in [0.25, 0.3) is 10.9 Å². The molecule has 1 aromatic heterocycles. The normalized spacial score (nSPS) is 12.6. The molecule has 0 amide bonds.